The standard InChI is InChI=1S/C21H21N5O3.C2HF3O2/c1-10-6-11(2)18-14(7-10)19(27)25-21(24-18)26-20-22-12(3)13-8-16(28-4)17(29-5)9-15(13)23-20;3-2(4,5)1(6)7/h6-9H,1-5H3,(H2,22,23,24,25,26,27);(H,6,7). The highest BCUT2D eigenvalue weighted by atomic mass is 19.4. The lowest BCUT2D eigenvalue weighted by Gasteiger charge is -2.12. The Morgan fingerprint density at radius 2 is 1.58 bits per heavy atom. The minimum Gasteiger partial charge on any atom is -0.493 e. The Labute approximate surface area is 202 Å². The van der Waals surface area contributed by atoms with E-state index >= 15 is 0 Å². The van der Waals surface area contributed by atoms with Gasteiger partial charge < -0.3 is 14.6 Å². The Morgan fingerprint density at radius 1 is 0.972 bits per heavy atom. The van der Waals surface area contributed by atoms with Gasteiger partial charge in [0, 0.05) is 11.5 Å². The Balaban J connectivity index is 0.000000454. The number of aliphatic carboxylic acids is 1. The van der Waals surface area contributed by atoms with Gasteiger partial charge in [0.1, 0.15) is 0 Å². The molecule has 13 heteroatoms. The summed E-state index contributed by atoms with van der Waals surface area (Å²) in [5.41, 5.74) is 3.82. The van der Waals surface area contributed by atoms with Crippen LogP contribution < -0.4 is 20.3 Å². The predicted molar refractivity (Wildman–Crippen MR) is 126 cm³/mol. The Bertz CT molecular complexity index is 1520. The number of methoxy groups -OCH3 is 2. The fourth-order valence-corrected chi connectivity index (χ4v) is 3.43. The first kappa shape index (κ1) is 26.2. The maximum absolute atomic E-state index is 12.5. The number of H-pyrrole nitrogens is 1. The third kappa shape index (κ3) is 5.62. The topological polar surface area (TPSA) is 139 Å². The number of aromatic nitrogens is 4. The molecule has 0 amide bonds. The van der Waals surface area contributed by atoms with E-state index < -0.39 is 12.1 Å². The Kier molecular flexibility index (Phi) is 7.32. The molecule has 0 aliphatic rings. The fourth-order valence-electron chi connectivity index (χ4n) is 3.43. The van der Waals surface area contributed by atoms with Crippen molar-refractivity contribution >= 4 is 39.7 Å². The van der Waals surface area contributed by atoms with Crippen LogP contribution in [0.4, 0.5) is 25.1 Å². The van der Waals surface area contributed by atoms with Gasteiger partial charge in [-0.3, -0.25) is 15.1 Å². The number of carbonyl (C=O) groups is 1. The van der Waals surface area contributed by atoms with Crippen molar-refractivity contribution in [3.63, 3.8) is 0 Å². The molecule has 4 aromatic rings. The van der Waals surface area contributed by atoms with E-state index in [4.69, 9.17) is 19.4 Å². The van der Waals surface area contributed by atoms with Crippen LogP contribution in [-0.4, -0.2) is 51.4 Å². The third-order valence-electron chi connectivity index (χ3n) is 5.01. The number of aromatic amines is 1. The molecule has 0 fully saturated rings. The number of fused-ring (bicyclic) bond motifs is 2. The molecule has 0 saturated heterocycles. The van der Waals surface area contributed by atoms with E-state index in [1.54, 1.807) is 20.3 Å². The lowest BCUT2D eigenvalue weighted by Crippen LogP contribution is -2.21. The number of hydrogen-bond acceptors (Lipinski definition) is 8. The van der Waals surface area contributed by atoms with Crippen LogP contribution in [0.25, 0.3) is 21.8 Å². The second kappa shape index (κ2) is 10.1. The fraction of sp³-hybridized carbons (Fsp3) is 0.261. The molecule has 0 atom stereocenters. The SMILES string of the molecule is COc1cc2nc(Nc3nc4c(C)cc(C)cc4c(=O)[nH]3)nc(C)c2cc1OC.O=C(O)C(F)(F)F. The Morgan fingerprint density at radius 3 is 2.17 bits per heavy atom. The van der Waals surface area contributed by atoms with Crippen LogP contribution in [0.1, 0.15) is 16.8 Å². The van der Waals surface area contributed by atoms with Crippen LogP contribution in [-0.2, 0) is 4.79 Å². The zero-order valence-electron chi connectivity index (χ0n) is 19.9. The first-order chi connectivity index (χ1) is 16.8. The molecule has 0 saturated carbocycles. The average molecular weight is 505 g/mol. The normalized spacial score (nSPS) is 11.1. The van der Waals surface area contributed by atoms with Crippen molar-refractivity contribution in [3.05, 3.63) is 51.4 Å². The number of benzene rings is 2. The van der Waals surface area contributed by atoms with E-state index in [9.17, 15) is 18.0 Å². The van der Waals surface area contributed by atoms with Gasteiger partial charge >= 0.3 is 12.1 Å². The summed E-state index contributed by atoms with van der Waals surface area (Å²) in [5, 5.41) is 11.5. The highest BCUT2D eigenvalue weighted by Gasteiger charge is 2.38. The summed E-state index contributed by atoms with van der Waals surface area (Å²) in [7, 11) is 3.16. The van der Waals surface area contributed by atoms with E-state index in [1.807, 2.05) is 39.0 Å². The summed E-state index contributed by atoms with van der Waals surface area (Å²) < 4.78 is 42.5. The van der Waals surface area contributed by atoms with Gasteiger partial charge in [-0.15, -0.1) is 0 Å². The molecule has 4 rings (SSSR count). The molecule has 0 aliphatic carbocycles. The van der Waals surface area contributed by atoms with Gasteiger partial charge in [0.15, 0.2) is 11.5 Å². The van der Waals surface area contributed by atoms with Crippen LogP contribution in [0, 0.1) is 20.8 Å². The van der Waals surface area contributed by atoms with Gasteiger partial charge in [0.2, 0.25) is 11.9 Å². The average Bonchev–Trinajstić information content (AvgIpc) is 2.79. The lowest BCUT2D eigenvalue weighted by atomic mass is 10.1. The second-order valence-electron chi connectivity index (χ2n) is 7.68. The van der Waals surface area contributed by atoms with Crippen molar-refractivity contribution in [2.24, 2.45) is 0 Å². The van der Waals surface area contributed by atoms with Crippen molar-refractivity contribution in [2.45, 2.75) is 26.9 Å². The van der Waals surface area contributed by atoms with Gasteiger partial charge in [-0.25, -0.2) is 19.7 Å². The first-order valence-electron chi connectivity index (χ1n) is 10.3. The van der Waals surface area contributed by atoms with E-state index in [2.05, 4.69) is 25.3 Å². The minimum absolute atomic E-state index is 0.215. The molecular formula is C23H22F3N5O5. The largest absolute Gasteiger partial charge is 0.493 e. The number of carboxylic acid groups (broad SMARTS) is 1. The molecule has 0 bridgehead atoms. The molecule has 0 radical (unpaired) electrons. The van der Waals surface area contributed by atoms with Crippen molar-refractivity contribution in [1.82, 2.24) is 19.9 Å². The number of aryl methyl sites for hydroxylation is 3. The molecule has 2 aromatic heterocycles. The zero-order chi connectivity index (χ0) is 26.8. The number of anilines is 2. The van der Waals surface area contributed by atoms with Crippen molar-refractivity contribution in [3.8, 4) is 11.5 Å². The van der Waals surface area contributed by atoms with Crippen LogP contribution in [0.5, 0.6) is 11.5 Å². The quantitative estimate of drug-likeness (QED) is 0.373. The molecule has 3 N–H and O–H groups in total. The first-order valence-corrected chi connectivity index (χ1v) is 10.3. The number of nitrogens with one attached hydrogen (secondary N) is 2. The summed E-state index contributed by atoms with van der Waals surface area (Å²) in [5.74, 6) is -0.957. The minimum atomic E-state index is -5.08. The number of rotatable bonds is 4. The van der Waals surface area contributed by atoms with Gasteiger partial charge in [0.25, 0.3) is 5.56 Å². The number of carboxylic acids is 1. The zero-order valence-corrected chi connectivity index (χ0v) is 19.9. The van der Waals surface area contributed by atoms with Crippen LogP contribution in [0.3, 0.4) is 0 Å². The molecule has 0 spiro atoms. The summed E-state index contributed by atoms with van der Waals surface area (Å²) in [6, 6.07) is 7.45. The van der Waals surface area contributed by atoms with Gasteiger partial charge in [-0.1, -0.05) is 6.07 Å². The van der Waals surface area contributed by atoms with Crippen molar-refractivity contribution < 1.29 is 32.5 Å². The highest BCUT2D eigenvalue weighted by Crippen LogP contribution is 2.33. The summed E-state index contributed by atoms with van der Waals surface area (Å²) in [6.07, 6.45) is -5.08. The van der Waals surface area contributed by atoms with E-state index in [0.717, 1.165) is 22.2 Å². The summed E-state index contributed by atoms with van der Waals surface area (Å²) in [4.78, 5) is 37.8. The number of nitrogens with zero attached hydrogens (tertiary/aromatic N) is 3. The van der Waals surface area contributed by atoms with Crippen molar-refractivity contribution in [1.29, 1.82) is 0 Å². The van der Waals surface area contributed by atoms with Gasteiger partial charge in [0.05, 0.1) is 36.3 Å². The number of hydrogen-bond donors (Lipinski definition) is 3. The monoisotopic (exact) mass is 505 g/mol. The second-order valence-corrected chi connectivity index (χ2v) is 7.68. The predicted octanol–water partition coefficient (Wildman–Crippen LogP) is 4.19. The maximum atomic E-state index is 12.5. The molecule has 2 aromatic carbocycles. The van der Waals surface area contributed by atoms with E-state index in [1.165, 1.54) is 0 Å². The van der Waals surface area contributed by atoms with E-state index in [-0.39, 0.29) is 11.5 Å². The van der Waals surface area contributed by atoms with Crippen LogP contribution in [0.2, 0.25) is 0 Å². The third-order valence-corrected chi connectivity index (χ3v) is 5.01. The van der Waals surface area contributed by atoms with E-state index in [0.29, 0.717) is 33.9 Å². The Hall–Kier alpha value is -4.42. The highest BCUT2D eigenvalue weighted by molar-refractivity contribution is 5.86. The molecule has 0 aliphatic heterocycles. The van der Waals surface area contributed by atoms with Gasteiger partial charge in [-0.05, 0) is 44.0 Å². The number of alkyl halides is 3. The molecule has 10 nitrogen and oxygen atoms in total. The smallest absolute Gasteiger partial charge is 0.490 e. The molecule has 2 heterocycles. The van der Waals surface area contributed by atoms with Gasteiger partial charge in [-0.2, -0.15) is 13.2 Å². The molecular weight excluding hydrogens is 483 g/mol. The molecule has 36 heavy (non-hydrogen) atoms. The van der Waals surface area contributed by atoms with Crippen LogP contribution in [0.15, 0.2) is 29.1 Å². The molecule has 0 unspecified atom stereocenters. The summed E-state index contributed by atoms with van der Waals surface area (Å²) in [6.45, 7) is 5.76. The lowest BCUT2D eigenvalue weighted by molar-refractivity contribution is -0.192. The summed E-state index contributed by atoms with van der Waals surface area (Å²) >= 11 is 0. The number of halogens is 3. The molecule has 190 valence electrons. The van der Waals surface area contributed by atoms with Crippen LogP contribution >= 0.6 is 0 Å². The number of ether oxygens (including phenoxy) is 2. The van der Waals surface area contributed by atoms with Crippen molar-refractivity contribution in [2.75, 3.05) is 19.5 Å². The maximum Gasteiger partial charge on any atom is 0.490 e.